The molecule has 4 N–H and O–H groups in total. The molecule has 0 unspecified atom stereocenters. The van der Waals surface area contributed by atoms with Gasteiger partial charge in [0.2, 0.25) is 0 Å². The van der Waals surface area contributed by atoms with Gasteiger partial charge in [-0.2, -0.15) is 8.78 Å². The predicted molar refractivity (Wildman–Crippen MR) is 34.9 cm³/mol. The Morgan fingerprint density at radius 3 is 2.15 bits per heavy atom. The number of hydrogen-bond donors (Lipinski definition) is 4. The van der Waals surface area contributed by atoms with Gasteiger partial charge in [-0.1, -0.05) is 0 Å². The fourth-order valence-electron chi connectivity index (χ4n) is 1.09. The fraction of sp³-hybridized carbons (Fsp3) is 1.00. The molecule has 1 heterocycles. The Balaban J connectivity index is 2.79. The van der Waals surface area contributed by atoms with Crippen molar-refractivity contribution in [3.05, 3.63) is 0 Å². The maximum Gasteiger partial charge on any atom is 0.384 e. The van der Waals surface area contributed by atoms with Crippen LogP contribution < -0.4 is 0 Å². The highest BCUT2D eigenvalue weighted by atomic mass is 19.3. The summed E-state index contributed by atoms with van der Waals surface area (Å²) in [7, 11) is 0. The van der Waals surface area contributed by atoms with Crippen molar-refractivity contribution < 1.29 is 33.9 Å². The van der Waals surface area contributed by atoms with Crippen LogP contribution in [0.3, 0.4) is 0 Å². The number of ether oxygens (including phenoxy) is 1. The van der Waals surface area contributed by atoms with Gasteiger partial charge in [0.05, 0.1) is 6.61 Å². The van der Waals surface area contributed by atoms with E-state index in [0.717, 1.165) is 0 Å². The molecule has 0 aliphatic carbocycles. The molecule has 4 atom stereocenters. The van der Waals surface area contributed by atoms with Crippen molar-refractivity contribution in [3.63, 3.8) is 0 Å². The van der Waals surface area contributed by atoms with Gasteiger partial charge in [-0.3, -0.25) is 0 Å². The molecule has 1 saturated heterocycles. The molecule has 0 amide bonds. The zero-order valence-corrected chi connectivity index (χ0v) is 6.47. The molecule has 7 heteroatoms. The van der Waals surface area contributed by atoms with Crippen LogP contribution >= 0.6 is 0 Å². The lowest BCUT2D eigenvalue weighted by Gasteiger charge is -2.39. The van der Waals surface area contributed by atoms with Gasteiger partial charge in [-0.15, -0.1) is 0 Å². The normalized spacial score (nSPS) is 44.8. The molecule has 13 heavy (non-hydrogen) atoms. The zero-order chi connectivity index (χ0) is 10.2. The maximum atomic E-state index is 12.6. The number of aliphatic hydroxyl groups excluding tert-OH is 4. The summed E-state index contributed by atoms with van der Waals surface area (Å²) >= 11 is 0. The minimum atomic E-state index is -3.95. The first kappa shape index (κ1) is 10.7. The topological polar surface area (TPSA) is 90.2 Å². The number of hydrogen-bond acceptors (Lipinski definition) is 5. The van der Waals surface area contributed by atoms with Crippen molar-refractivity contribution in [2.75, 3.05) is 6.61 Å². The first-order chi connectivity index (χ1) is 5.90. The third kappa shape index (κ3) is 1.79. The molecule has 0 aromatic carbocycles. The molecule has 1 fully saturated rings. The van der Waals surface area contributed by atoms with Crippen LogP contribution in [0.5, 0.6) is 0 Å². The van der Waals surface area contributed by atoms with E-state index in [-0.39, 0.29) is 0 Å². The molecular formula is C6H10F2O5. The van der Waals surface area contributed by atoms with E-state index in [4.69, 9.17) is 20.4 Å². The molecule has 1 rings (SSSR count). The summed E-state index contributed by atoms with van der Waals surface area (Å²) in [6, 6.07) is 0. The van der Waals surface area contributed by atoms with E-state index in [1.807, 2.05) is 0 Å². The summed E-state index contributed by atoms with van der Waals surface area (Å²) < 4.78 is 29.1. The van der Waals surface area contributed by atoms with Gasteiger partial charge in [-0.05, 0) is 0 Å². The van der Waals surface area contributed by atoms with E-state index >= 15 is 0 Å². The lowest BCUT2D eigenvalue weighted by molar-refractivity contribution is -0.372. The molecular weight excluding hydrogens is 190 g/mol. The van der Waals surface area contributed by atoms with Crippen LogP contribution in [0.2, 0.25) is 0 Å². The Bertz CT molecular complexity index is 186. The van der Waals surface area contributed by atoms with Crippen molar-refractivity contribution in [2.24, 2.45) is 0 Å². The van der Waals surface area contributed by atoms with Gasteiger partial charge in [-0.25, -0.2) is 0 Å². The first-order valence-electron chi connectivity index (χ1n) is 3.61. The van der Waals surface area contributed by atoms with Crippen LogP contribution in [0, 0.1) is 0 Å². The third-order valence-corrected chi connectivity index (χ3v) is 1.89. The van der Waals surface area contributed by atoms with Crippen molar-refractivity contribution in [3.8, 4) is 0 Å². The second kappa shape index (κ2) is 3.43. The van der Waals surface area contributed by atoms with Crippen molar-refractivity contribution in [1.82, 2.24) is 0 Å². The summed E-state index contributed by atoms with van der Waals surface area (Å²) in [5.74, 6) is 0. The Morgan fingerprint density at radius 1 is 1.15 bits per heavy atom. The van der Waals surface area contributed by atoms with Crippen LogP contribution in [0.15, 0.2) is 0 Å². The van der Waals surface area contributed by atoms with Gasteiger partial charge < -0.3 is 25.2 Å². The molecule has 0 bridgehead atoms. The minimum absolute atomic E-state index is 0.861. The van der Waals surface area contributed by atoms with Gasteiger partial charge in [0.25, 0.3) is 0 Å². The summed E-state index contributed by atoms with van der Waals surface area (Å²) in [6.45, 7) is -0.861. The maximum absolute atomic E-state index is 12.6. The summed E-state index contributed by atoms with van der Waals surface area (Å²) in [6.07, 6.45) is -11.8. The number of aliphatic hydroxyl groups is 4. The number of rotatable bonds is 1. The van der Waals surface area contributed by atoms with Crippen LogP contribution in [-0.2, 0) is 4.74 Å². The molecule has 0 aromatic rings. The quantitative estimate of drug-likeness (QED) is 0.395. The smallest absolute Gasteiger partial charge is 0.384 e. The molecule has 0 aromatic heterocycles. The SMILES string of the molecule is OC[C@H]1OC(F)(F)[C@H](O)[C@@H](O)[C@@H]1O. The fourth-order valence-corrected chi connectivity index (χ4v) is 1.09. The van der Waals surface area contributed by atoms with Gasteiger partial charge in [0.15, 0.2) is 6.10 Å². The second-order valence-corrected chi connectivity index (χ2v) is 2.83. The highest BCUT2D eigenvalue weighted by Gasteiger charge is 2.55. The molecule has 0 saturated carbocycles. The van der Waals surface area contributed by atoms with E-state index < -0.39 is 37.1 Å². The Morgan fingerprint density at radius 2 is 1.69 bits per heavy atom. The lowest BCUT2D eigenvalue weighted by atomic mass is 9.99. The largest absolute Gasteiger partial charge is 0.394 e. The van der Waals surface area contributed by atoms with E-state index in [0.29, 0.717) is 0 Å². The summed E-state index contributed by atoms with van der Waals surface area (Å²) in [5, 5.41) is 35.1. The second-order valence-electron chi connectivity index (χ2n) is 2.83. The number of alkyl halides is 2. The first-order valence-corrected chi connectivity index (χ1v) is 3.61. The van der Waals surface area contributed by atoms with E-state index in [2.05, 4.69) is 4.74 Å². The summed E-state index contributed by atoms with van der Waals surface area (Å²) in [4.78, 5) is 0. The molecule has 0 spiro atoms. The predicted octanol–water partition coefficient (Wildman–Crippen LogP) is -1.95. The standard InChI is InChI=1S/C6H10F2O5/c7-6(8)5(12)4(11)3(10)2(1-9)13-6/h2-5,9-12H,1H2/t2-,3-,4+,5-/m1/s1. The van der Waals surface area contributed by atoms with Crippen molar-refractivity contribution in [2.45, 2.75) is 30.5 Å². The minimum Gasteiger partial charge on any atom is -0.394 e. The highest BCUT2D eigenvalue weighted by Crippen LogP contribution is 2.32. The van der Waals surface area contributed by atoms with Gasteiger partial charge in [0.1, 0.15) is 18.3 Å². The summed E-state index contributed by atoms with van der Waals surface area (Å²) in [5.41, 5.74) is 0. The molecule has 1 aliphatic rings. The van der Waals surface area contributed by atoms with Crippen LogP contribution in [0.1, 0.15) is 0 Å². The lowest BCUT2D eigenvalue weighted by Crippen LogP contribution is -2.61. The van der Waals surface area contributed by atoms with Gasteiger partial charge >= 0.3 is 6.11 Å². The molecule has 78 valence electrons. The Hall–Kier alpha value is -0.340. The average molecular weight is 200 g/mol. The Labute approximate surface area is 72.2 Å². The van der Waals surface area contributed by atoms with E-state index in [1.54, 1.807) is 0 Å². The monoisotopic (exact) mass is 200 g/mol. The van der Waals surface area contributed by atoms with Crippen molar-refractivity contribution >= 4 is 0 Å². The third-order valence-electron chi connectivity index (χ3n) is 1.89. The van der Waals surface area contributed by atoms with E-state index in [1.165, 1.54) is 0 Å². The highest BCUT2D eigenvalue weighted by molar-refractivity contribution is 4.91. The Kier molecular flexibility index (Phi) is 2.83. The van der Waals surface area contributed by atoms with Crippen LogP contribution in [0.4, 0.5) is 8.78 Å². The van der Waals surface area contributed by atoms with Crippen LogP contribution in [0.25, 0.3) is 0 Å². The average Bonchev–Trinajstić information content (AvgIpc) is 2.08. The van der Waals surface area contributed by atoms with Gasteiger partial charge in [0, 0.05) is 0 Å². The van der Waals surface area contributed by atoms with E-state index in [9.17, 15) is 8.78 Å². The molecule has 1 aliphatic heterocycles. The van der Waals surface area contributed by atoms with Crippen LogP contribution in [-0.4, -0.2) is 57.6 Å². The molecule has 0 radical (unpaired) electrons. The molecule has 5 nitrogen and oxygen atoms in total. The number of halogens is 2. The zero-order valence-electron chi connectivity index (χ0n) is 6.47. The van der Waals surface area contributed by atoms with Crippen molar-refractivity contribution in [1.29, 1.82) is 0 Å².